The quantitative estimate of drug-likeness (QED) is 0.908. The fourth-order valence-electron chi connectivity index (χ4n) is 2.89. The molecule has 0 radical (unpaired) electrons. The number of nitrogens with two attached hydrogens (primary N) is 1. The van der Waals surface area contributed by atoms with E-state index in [-0.39, 0.29) is 5.75 Å². The molecular formula is C16H26N2O2S. The molecule has 0 bridgehead atoms. The summed E-state index contributed by atoms with van der Waals surface area (Å²) >= 11 is 0. The molecule has 2 N–H and O–H groups in total. The first kappa shape index (κ1) is 16.5. The summed E-state index contributed by atoms with van der Waals surface area (Å²) in [5.41, 5.74) is 7.41. The molecule has 0 unspecified atom stereocenters. The predicted molar refractivity (Wildman–Crippen MR) is 86.1 cm³/mol. The fourth-order valence-corrected chi connectivity index (χ4v) is 4.46. The van der Waals surface area contributed by atoms with Gasteiger partial charge in [0.05, 0.1) is 5.75 Å². The lowest BCUT2D eigenvalue weighted by molar-refractivity contribution is 0.226. The topological polar surface area (TPSA) is 63.4 Å². The van der Waals surface area contributed by atoms with E-state index in [1.807, 2.05) is 24.3 Å². The van der Waals surface area contributed by atoms with Crippen LogP contribution in [-0.4, -0.2) is 25.8 Å². The van der Waals surface area contributed by atoms with Gasteiger partial charge in [0.15, 0.2) is 0 Å². The highest BCUT2D eigenvalue weighted by molar-refractivity contribution is 7.88. The van der Waals surface area contributed by atoms with E-state index >= 15 is 0 Å². The molecule has 1 aliphatic heterocycles. The van der Waals surface area contributed by atoms with Crippen molar-refractivity contribution in [2.45, 2.75) is 39.0 Å². The summed E-state index contributed by atoms with van der Waals surface area (Å²) in [5, 5.41) is 0. The molecule has 0 aliphatic carbocycles. The van der Waals surface area contributed by atoms with Crippen LogP contribution in [0, 0.1) is 11.8 Å². The maximum atomic E-state index is 12.5. The predicted octanol–water partition coefficient (Wildman–Crippen LogP) is 2.34. The number of nitrogens with zero attached hydrogens (tertiary/aromatic N) is 1. The molecule has 1 heterocycles. The summed E-state index contributed by atoms with van der Waals surface area (Å²) in [4.78, 5) is 0. The molecule has 0 atom stereocenters. The molecule has 1 aliphatic rings. The fraction of sp³-hybridized carbons (Fsp3) is 0.625. The van der Waals surface area contributed by atoms with Crippen LogP contribution in [0.3, 0.4) is 0 Å². The summed E-state index contributed by atoms with van der Waals surface area (Å²) in [6.45, 7) is 6.23. The minimum atomic E-state index is -3.20. The van der Waals surface area contributed by atoms with Gasteiger partial charge < -0.3 is 5.73 Å². The minimum absolute atomic E-state index is 0.0875. The molecular weight excluding hydrogens is 284 g/mol. The molecule has 118 valence electrons. The Morgan fingerprint density at radius 1 is 1.14 bits per heavy atom. The van der Waals surface area contributed by atoms with Crippen LogP contribution >= 0.6 is 0 Å². The highest BCUT2D eigenvalue weighted by atomic mass is 32.2. The van der Waals surface area contributed by atoms with Gasteiger partial charge in [0, 0.05) is 19.6 Å². The van der Waals surface area contributed by atoms with Gasteiger partial charge in [-0.1, -0.05) is 38.1 Å². The van der Waals surface area contributed by atoms with Crippen molar-refractivity contribution >= 4 is 10.0 Å². The van der Waals surface area contributed by atoms with Crippen LogP contribution in [-0.2, 0) is 22.3 Å². The molecule has 0 saturated carbocycles. The maximum absolute atomic E-state index is 12.5. The lowest BCUT2D eigenvalue weighted by Gasteiger charge is -2.33. The van der Waals surface area contributed by atoms with Crippen molar-refractivity contribution in [2.75, 3.05) is 13.1 Å². The smallest absolute Gasteiger partial charge is 0.218 e. The van der Waals surface area contributed by atoms with Gasteiger partial charge in [-0.2, -0.15) is 0 Å². The molecule has 1 fully saturated rings. The zero-order valence-electron chi connectivity index (χ0n) is 13.0. The summed E-state index contributed by atoms with van der Waals surface area (Å²) in [7, 11) is -3.20. The number of rotatable bonds is 5. The highest BCUT2D eigenvalue weighted by Gasteiger charge is 2.29. The third-order valence-electron chi connectivity index (χ3n) is 4.44. The number of hydrogen-bond donors (Lipinski definition) is 1. The lowest BCUT2D eigenvalue weighted by Crippen LogP contribution is -2.40. The summed E-state index contributed by atoms with van der Waals surface area (Å²) in [6.07, 6.45) is 1.95. The average Bonchev–Trinajstić information content (AvgIpc) is 2.48. The van der Waals surface area contributed by atoms with Gasteiger partial charge in [-0.25, -0.2) is 12.7 Å². The van der Waals surface area contributed by atoms with Crippen LogP contribution in [0.1, 0.15) is 37.8 Å². The van der Waals surface area contributed by atoms with Crippen molar-refractivity contribution in [3.63, 3.8) is 0 Å². The molecule has 2 rings (SSSR count). The SMILES string of the molecule is CC(C)C1CCN(S(=O)(=O)Cc2ccc(CN)cc2)CC1. The molecule has 0 amide bonds. The third kappa shape index (κ3) is 4.28. The molecule has 0 aromatic heterocycles. The first-order valence-corrected chi connectivity index (χ1v) is 9.29. The second-order valence-electron chi connectivity index (χ2n) is 6.26. The van der Waals surface area contributed by atoms with E-state index in [0.717, 1.165) is 24.0 Å². The van der Waals surface area contributed by atoms with E-state index in [9.17, 15) is 8.42 Å². The lowest BCUT2D eigenvalue weighted by atomic mass is 9.87. The number of benzene rings is 1. The zero-order chi connectivity index (χ0) is 15.5. The van der Waals surface area contributed by atoms with E-state index < -0.39 is 10.0 Å². The molecule has 0 spiro atoms. The van der Waals surface area contributed by atoms with Crippen molar-refractivity contribution in [2.24, 2.45) is 17.6 Å². The summed E-state index contributed by atoms with van der Waals surface area (Å²) in [5.74, 6) is 1.38. The van der Waals surface area contributed by atoms with Crippen molar-refractivity contribution in [3.05, 3.63) is 35.4 Å². The highest BCUT2D eigenvalue weighted by Crippen LogP contribution is 2.26. The van der Waals surface area contributed by atoms with E-state index in [2.05, 4.69) is 13.8 Å². The average molecular weight is 310 g/mol. The van der Waals surface area contributed by atoms with E-state index in [1.54, 1.807) is 4.31 Å². The van der Waals surface area contributed by atoms with Gasteiger partial charge in [-0.3, -0.25) is 0 Å². The Labute approximate surface area is 128 Å². The Kier molecular flexibility index (Phi) is 5.41. The van der Waals surface area contributed by atoms with Gasteiger partial charge in [-0.05, 0) is 35.8 Å². The van der Waals surface area contributed by atoms with Gasteiger partial charge >= 0.3 is 0 Å². The second-order valence-corrected chi connectivity index (χ2v) is 8.23. The molecule has 1 aromatic carbocycles. The van der Waals surface area contributed by atoms with Crippen LogP contribution in [0.4, 0.5) is 0 Å². The van der Waals surface area contributed by atoms with Crippen LogP contribution in [0.25, 0.3) is 0 Å². The van der Waals surface area contributed by atoms with Crippen molar-refractivity contribution in [3.8, 4) is 0 Å². The summed E-state index contributed by atoms with van der Waals surface area (Å²) < 4.78 is 26.6. The van der Waals surface area contributed by atoms with Gasteiger partial charge in [0.25, 0.3) is 0 Å². The van der Waals surface area contributed by atoms with Crippen molar-refractivity contribution in [1.29, 1.82) is 0 Å². The van der Waals surface area contributed by atoms with E-state index in [1.165, 1.54) is 0 Å². The van der Waals surface area contributed by atoms with Crippen LogP contribution in [0.15, 0.2) is 24.3 Å². The molecule has 21 heavy (non-hydrogen) atoms. The maximum Gasteiger partial charge on any atom is 0.218 e. The first-order chi connectivity index (χ1) is 9.92. The van der Waals surface area contributed by atoms with Crippen molar-refractivity contribution < 1.29 is 8.42 Å². The Morgan fingerprint density at radius 2 is 1.67 bits per heavy atom. The molecule has 4 nitrogen and oxygen atoms in total. The molecule has 1 aromatic rings. The van der Waals surface area contributed by atoms with Gasteiger partial charge in [0.1, 0.15) is 0 Å². The van der Waals surface area contributed by atoms with E-state index in [0.29, 0.717) is 31.5 Å². The Morgan fingerprint density at radius 3 is 2.14 bits per heavy atom. The normalized spacial score (nSPS) is 18.3. The van der Waals surface area contributed by atoms with Crippen molar-refractivity contribution in [1.82, 2.24) is 4.31 Å². The number of sulfonamides is 1. The largest absolute Gasteiger partial charge is 0.326 e. The van der Waals surface area contributed by atoms with Crippen LogP contribution < -0.4 is 5.73 Å². The summed E-state index contributed by atoms with van der Waals surface area (Å²) in [6, 6.07) is 7.52. The zero-order valence-corrected chi connectivity index (χ0v) is 13.8. The Bertz CT molecular complexity index is 544. The van der Waals surface area contributed by atoms with Crippen LogP contribution in [0.2, 0.25) is 0 Å². The third-order valence-corrected chi connectivity index (χ3v) is 6.29. The number of piperidine rings is 1. The first-order valence-electron chi connectivity index (χ1n) is 7.68. The monoisotopic (exact) mass is 310 g/mol. The Hall–Kier alpha value is -0.910. The standard InChI is InChI=1S/C16H26N2O2S/c1-13(2)16-7-9-18(10-8-16)21(19,20)12-15-5-3-14(11-17)4-6-15/h3-6,13,16H,7-12,17H2,1-2H3. The van der Waals surface area contributed by atoms with Crippen LogP contribution in [0.5, 0.6) is 0 Å². The second kappa shape index (κ2) is 6.90. The van der Waals surface area contributed by atoms with E-state index in [4.69, 9.17) is 5.73 Å². The molecule has 5 heteroatoms. The minimum Gasteiger partial charge on any atom is -0.326 e. The van der Waals surface area contributed by atoms with Gasteiger partial charge in [-0.15, -0.1) is 0 Å². The van der Waals surface area contributed by atoms with Gasteiger partial charge in [0.2, 0.25) is 10.0 Å². The number of hydrogen-bond acceptors (Lipinski definition) is 3. The molecule has 1 saturated heterocycles. The Balaban J connectivity index is 1.98.